The van der Waals surface area contributed by atoms with Crippen LogP contribution >= 0.6 is 11.3 Å². The topological polar surface area (TPSA) is 37.8 Å². The highest BCUT2D eigenvalue weighted by molar-refractivity contribution is 7.11. The number of hydrogen-bond acceptors (Lipinski definition) is 4. The molecule has 1 N–H and O–H groups in total. The Bertz CT molecular complexity index is 324. The Kier molecular flexibility index (Phi) is 4.67. The summed E-state index contributed by atoms with van der Waals surface area (Å²) >= 11 is 1.01. The van der Waals surface area contributed by atoms with Crippen LogP contribution < -0.4 is 5.32 Å². The molecule has 0 saturated carbocycles. The third-order valence-corrected chi connectivity index (χ3v) is 3.01. The van der Waals surface area contributed by atoms with Crippen molar-refractivity contribution < 1.29 is 13.2 Å². The van der Waals surface area contributed by atoms with Gasteiger partial charge < -0.3 is 5.32 Å². The molecule has 16 heavy (non-hydrogen) atoms. The van der Waals surface area contributed by atoms with Crippen LogP contribution in [0.25, 0.3) is 0 Å². The van der Waals surface area contributed by atoms with Gasteiger partial charge in [0.25, 0.3) is 0 Å². The first-order valence-electron chi connectivity index (χ1n) is 5.04. The third kappa shape index (κ3) is 4.44. The molecule has 0 bridgehead atoms. The van der Waals surface area contributed by atoms with E-state index < -0.39 is 12.6 Å². The number of rotatable bonds is 5. The summed E-state index contributed by atoms with van der Waals surface area (Å²) in [5.41, 5.74) is 0. The zero-order valence-electron chi connectivity index (χ0n) is 9.14. The van der Waals surface area contributed by atoms with Gasteiger partial charge in [-0.05, 0) is 19.9 Å². The number of alkyl halides is 3. The third-order valence-electron chi connectivity index (χ3n) is 1.91. The summed E-state index contributed by atoms with van der Waals surface area (Å²) in [7, 11) is 0. The van der Waals surface area contributed by atoms with Crippen molar-refractivity contribution in [3.8, 4) is 0 Å². The summed E-state index contributed by atoms with van der Waals surface area (Å²) in [6, 6.07) is -0.0422. The van der Waals surface area contributed by atoms with Gasteiger partial charge in [0.05, 0.1) is 12.5 Å². The van der Waals surface area contributed by atoms with E-state index in [4.69, 9.17) is 0 Å². The fourth-order valence-corrected chi connectivity index (χ4v) is 2.03. The van der Waals surface area contributed by atoms with E-state index in [2.05, 4.69) is 15.5 Å². The minimum Gasteiger partial charge on any atom is -0.308 e. The van der Waals surface area contributed by atoms with E-state index >= 15 is 0 Å². The SMILES string of the molecule is CCCNC(C)c1nnc(CC(F)(F)F)s1. The number of nitrogens with one attached hydrogen (secondary N) is 1. The van der Waals surface area contributed by atoms with Gasteiger partial charge >= 0.3 is 6.18 Å². The van der Waals surface area contributed by atoms with Crippen molar-refractivity contribution in [2.24, 2.45) is 0 Å². The standard InChI is InChI=1S/C9H14F3N3S/c1-3-4-13-6(2)8-15-14-7(16-8)5-9(10,11)12/h6,13H,3-5H2,1-2H3. The van der Waals surface area contributed by atoms with Crippen molar-refractivity contribution in [2.75, 3.05) is 6.54 Å². The molecule has 1 aromatic heterocycles. The van der Waals surface area contributed by atoms with Gasteiger partial charge in [-0.25, -0.2) is 0 Å². The molecule has 0 saturated heterocycles. The summed E-state index contributed by atoms with van der Waals surface area (Å²) in [4.78, 5) is 0. The molecule has 1 unspecified atom stereocenters. The Morgan fingerprint density at radius 2 is 2.06 bits per heavy atom. The molecule has 0 aliphatic heterocycles. The fraction of sp³-hybridized carbons (Fsp3) is 0.778. The van der Waals surface area contributed by atoms with Gasteiger partial charge in [0.15, 0.2) is 0 Å². The molecular weight excluding hydrogens is 239 g/mol. The van der Waals surface area contributed by atoms with Crippen LogP contribution in [0.3, 0.4) is 0 Å². The number of hydrogen-bond donors (Lipinski definition) is 1. The Morgan fingerprint density at radius 1 is 1.38 bits per heavy atom. The quantitative estimate of drug-likeness (QED) is 0.876. The Hall–Kier alpha value is -0.690. The minimum atomic E-state index is -4.21. The van der Waals surface area contributed by atoms with Crippen LogP contribution in [0.5, 0.6) is 0 Å². The largest absolute Gasteiger partial charge is 0.395 e. The first-order chi connectivity index (χ1) is 7.42. The van der Waals surface area contributed by atoms with Crippen molar-refractivity contribution in [2.45, 2.75) is 38.9 Å². The Balaban J connectivity index is 2.57. The maximum Gasteiger partial charge on any atom is 0.395 e. The lowest BCUT2D eigenvalue weighted by molar-refractivity contribution is -0.127. The second-order valence-corrected chi connectivity index (χ2v) is 4.60. The van der Waals surface area contributed by atoms with Crippen molar-refractivity contribution in [3.05, 3.63) is 10.0 Å². The van der Waals surface area contributed by atoms with Crippen LogP contribution in [0.1, 0.15) is 36.3 Å². The van der Waals surface area contributed by atoms with E-state index in [1.54, 1.807) is 0 Å². The van der Waals surface area contributed by atoms with Crippen molar-refractivity contribution in [1.82, 2.24) is 15.5 Å². The van der Waals surface area contributed by atoms with E-state index in [1.165, 1.54) is 0 Å². The van der Waals surface area contributed by atoms with Crippen LogP contribution in [-0.2, 0) is 6.42 Å². The molecule has 3 nitrogen and oxygen atoms in total. The van der Waals surface area contributed by atoms with E-state index in [0.717, 1.165) is 24.3 Å². The molecule has 0 amide bonds. The highest BCUT2D eigenvalue weighted by atomic mass is 32.1. The van der Waals surface area contributed by atoms with Gasteiger partial charge in [-0.3, -0.25) is 0 Å². The molecule has 0 radical (unpaired) electrons. The second-order valence-electron chi connectivity index (χ2n) is 3.50. The first kappa shape index (κ1) is 13.4. The van der Waals surface area contributed by atoms with Crippen LogP contribution in [0.15, 0.2) is 0 Å². The summed E-state index contributed by atoms with van der Waals surface area (Å²) in [6.45, 7) is 4.71. The molecule has 0 spiro atoms. The van der Waals surface area contributed by atoms with Crippen molar-refractivity contribution >= 4 is 11.3 Å². The van der Waals surface area contributed by atoms with E-state index in [9.17, 15) is 13.2 Å². The van der Waals surface area contributed by atoms with Crippen LogP contribution in [0.2, 0.25) is 0 Å². The average molecular weight is 253 g/mol. The maximum atomic E-state index is 12.1. The van der Waals surface area contributed by atoms with Crippen molar-refractivity contribution in [3.63, 3.8) is 0 Å². The summed E-state index contributed by atoms with van der Waals surface area (Å²) < 4.78 is 36.2. The smallest absolute Gasteiger partial charge is 0.308 e. The molecule has 1 heterocycles. The minimum absolute atomic E-state index is 0.0210. The molecule has 1 aromatic rings. The molecule has 0 fully saturated rings. The molecular formula is C9H14F3N3S. The van der Waals surface area contributed by atoms with Gasteiger partial charge in [0.1, 0.15) is 10.0 Å². The van der Waals surface area contributed by atoms with Gasteiger partial charge in [-0.2, -0.15) is 13.2 Å². The van der Waals surface area contributed by atoms with Crippen LogP contribution in [0, 0.1) is 0 Å². The molecule has 0 aromatic carbocycles. The van der Waals surface area contributed by atoms with Gasteiger partial charge in [0.2, 0.25) is 0 Å². The zero-order chi connectivity index (χ0) is 12.2. The summed E-state index contributed by atoms with van der Waals surface area (Å²) in [5.74, 6) is 0. The first-order valence-corrected chi connectivity index (χ1v) is 5.86. The van der Waals surface area contributed by atoms with E-state index in [-0.39, 0.29) is 11.0 Å². The predicted octanol–water partition coefficient (Wildman–Crippen LogP) is 2.70. The Morgan fingerprint density at radius 3 is 2.62 bits per heavy atom. The van der Waals surface area contributed by atoms with Gasteiger partial charge in [-0.1, -0.05) is 18.3 Å². The number of halogens is 3. The molecule has 7 heteroatoms. The normalized spacial score (nSPS) is 14.1. The monoisotopic (exact) mass is 253 g/mol. The van der Waals surface area contributed by atoms with E-state index in [1.807, 2.05) is 13.8 Å². The zero-order valence-corrected chi connectivity index (χ0v) is 9.95. The van der Waals surface area contributed by atoms with Gasteiger partial charge in [0, 0.05) is 0 Å². The number of aromatic nitrogens is 2. The lowest BCUT2D eigenvalue weighted by Crippen LogP contribution is -2.19. The summed E-state index contributed by atoms with van der Waals surface area (Å²) in [6.07, 6.45) is -4.24. The highest BCUT2D eigenvalue weighted by Crippen LogP contribution is 2.25. The fourth-order valence-electron chi connectivity index (χ4n) is 1.13. The molecule has 92 valence electrons. The van der Waals surface area contributed by atoms with Gasteiger partial charge in [-0.15, -0.1) is 10.2 Å². The van der Waals surface area contributed by atoms with Crippen LogP contribution in [0.4, 0.5) is 13.2 Å². The molecule has 1 atom stereocenters. The molecule has 0 aliphatic rings. The molecule has 1 rings (SSSR count). The van der Waals surface area contributed by atoms with Crippen LogP contribution in [-0.4, -0.2) is 22.9 Å². The predicted molar refractivity (Wildman–Crippen MR) is 56.4 cm³/mol. The number of nitrogens with zero attached hydrogens (tertiary/aromatic N) is 2. The summed E-state index contributed by atoms with van der Waals surface area (Å²) in [5, 5.41) is 11.1. The van der Waals surface area contributed by atoms with E-state index in [0.29, 0.717) is 5.01 Å². The lowest BCUT2D eigenvalue weighted by atomic mass is 10.3. The second kappa shape index (κ2) is 5.58. The lowest BCUT2D eigenvalue weighted by Gasteiger charge is -2.08. The van der Waals surface area contributed by atoms with Crippen molar-refractivity contribution in [1.29, 1.82) is 0 Å². The highest BCUT2D eigenvalue weighted by Gasteiger charge is 2.30. The average Bonchev–Trinajstić information content (AvgIpc) is 2.59. The maximum absolute atomic E-state index is 12.1. The Labute approximate surface area is 96.1 Å². The molecule has 0 aliphatic carbocycles.